The van der Waals surface area contributed by atoms with Crippen molar-refractivity contribution in [3.63, 3.8) is 0 Å². The summed E-state index contributed by atoms with van der Waals surface area (Å²) in [6, 6.07) is 13.8. The summed E-state index contributed by atoms with van der Waals surface area (Å²) in [7, 11) is 0. The van der Waals surface area contributed by atoms with Crippen molar-refractivity contribution in [3.05, 3.63) is 68.8 Å². The van der Waals surface area contributed by atoms with Gasteiger partial charge in [-0.1, -0.05) is 40.5 Å². The molecule has 1 saturated carbocycles. The lowest BCUT2D eigenvalue weighted by atomic mass is 10.0. The number of nitrogens with one attached hydrogen (secondary N) is 1. The van der Waals surface area contributed by atoms with Gasteiger partial charge in [-0.2, -0.15) is 0 Å². The van der Waals surface area contributed by atoms with E-state index in [1.807, 2.05) is 54.3 Å². The van der Waals surface area contributed by atoms with Crippen LogP contribution in [0.4, 0.5) is 0 Å². The molecule has 3 aromatic rings. The molecule has 2 aliphatic heterocycles. The lowest BCUT2D eigenvalue weighted by Crippen LogP contribution is -2.46. The zero-order valence-electron chi connectivity index (χ0n) is 20.1. The van der Waals surface area contributed by atoms with E-state index in [0.29, 0.717) is 30.3 Å². The van der Waals surface area contributed by atoms with E-state index >= 15 is 0 Å². The summed E-state index contributed by atoms with van der Waals surface area (Å²) in [6.07, 6.45) is 4.96. The first-order valence-corrected chi connectivity index (χ1v) is 14.2. The van der Waals surface area contributed by atoms with Crippen molar-refractivity contribution in [3.8, 4) is 16.2 Å². The van der Waals surface area contributed by atoms with Crippen LogP contribution in [-0.2, 0) is 6.42 Å². The van der Waals surface area contributed by atoms with E-state index in [4.69, 9.17) is 9.72 Å². The number of aromatic nitrogens is 1. The van der Waals surface area contributed by atoms with E-state index in [1.54, 1.807) is 11.3 Å². The van der Waals surface area contributed by atoms with Gasteiger partial charge in [0.15, 0.2) is 0 Å². The van der Waals surface area contributed by atoms with Crippen LogP contribution in [0.1, 0.15) is 57.1 Å². The Kier molecular flexibility index (Phi) is 6.33. The van der Waals surface area contributed by atoms with E-state index in [9.17, 15) is 9.59 Å². The summed E-state index contributed by atoms with van der Waals surface area (Å²) in [5, 5.41) is 4.02. The van der Waals surface area contributed by atoms with Gasteiger partial charge in [0.25, 0.3) is 11.8 Å². The Morgan fingerprint density at radius 2 is 2.03 bits per heavy atom. The highest BCUT2D eigenvalue weighted by molar-refractivity contribution is 9.10. The third-order valence-electron chi connectivity index (χ3n) is 7.71. The van der Waals surface area contributed by atoms with E-state index in [-0.39, 0.29) is 23.9 Å². The minimum Gasteiger partial charge on any atom is -0.493 e. The van der Waals surface area contributed by atoms with E-state index in [2.05, 4.69) is 21.2 Å². The average molecular weight is 567 g/mol. The number of hydrogen-bond donors (Lipinski definition) is 1. The van der Waals surface area contributed by atoms with Gasteiger partial charge in [0.1, 0.15) is 11.4 Å². The van der Waals surface area contributed by atoms with Crippen LogP contribution in [-0.4, -0.2) is 46.9 Å². The number of aryl methyl sites for hydroxylation is 1. The quantitative estimate of drug-likeness (QED) is 0.435. The highest BCUT2D eigenvalue weighted by atomic mass is 79.9. The van der Waals surface area contributed by atoms with Gasteiger partial charge in [-0.3, -0.25) is 9.59 Å². The van der Waals surface area contributed by atoms with Crippen molar-refractivity contribution in [1.82, 2.24) is 15.2 Å². The normalized spacial score (nSPS) is 22.3. The minimum atomic E-state index is -0.0955. The van der Waals surface area contributed by atoms with E-state index in [1.165, 1.54) is 0 Å². The molecule has 6 rings (SSSR count). The Hall–Kier alpha value is -2.71. The molecule has 3 aliphatic rings. The Morgan fingerprint density at radius 1 is 1.19 bits per heavy atom. The van der Waals surface area contributed by atoms with Crippen molar-refractivity contribution in [2.75, 3.05) is 13.2 Å². The first kappa shape index (κ1) is 23.7. The van der Waals surface area contributed by atoms with Crippen molar-refractivity contribution in [1.29, 1.82) is 0 Å². The predicted molar refractivity (Wildman–Crippen MR) is 144 cm³/mol. The number of rotatable bonds is 5. The average Bonchev–Trinajstić information content (AvgIpc) is 3.65. The van der Waals surface area contributed by atoms with Crippen molar-refractivity contribution >= 4 is 39.1 Å². The standard InChI is InChI=1S/C28H28BrN3O3S/c1-16-31-25(26(36-16)17-8-10-19(29)11-9-17)28(34)32-20(14-18-4-2-6-23(18)32)15-30-27(33)22-5-3-7-24-21(22)12-13-35-24/h3,5,7-11,18,20,23H,2,4,6,12-15H2,1H3,(H,30,33)/t18-,20-,23-/m0/s1. The zero-order valence-corrected chi connectivity index (χ0v) is 22.5. The largest absolute Gasteiger partial charge is 0.493 e. The summed E-state index contributed by atoms with van der Waals surface area (Å²) in [5.41, 5.74) is 3.18. The predicted octanol–water partition coefficient (Wildman–Crippen LogP) is 5.63. The molecular weight excluding hydrogens is 538 g/mol. The molecule has 0 unspecified atom stereocenters. The first-order chi connectivity index (χ1) is 17.5. The van der Waals surface area contributed by atoms with Crippen LogP contribution in [0.5, 0.6) is 5.75 Å². The molecule has 3 heterocycles. The number of nitrogens with zero attached hydrogens (tertiary/aromatic N) is 2. The summed E-state index contributed by atoms with van der Waals surface area (Å²) in [5.74, 6) is 1.18. The van der Waals surface area contributed by atoms with Crippen LogP contribution >= 0.6 is 27.3 Å². The molecule has 0 radical (unpaired) electrons. The van der Waals surface area contributed by atoms with Crippen LogP contribution in [0.2, 0.25) is 0 Å². The lowest BCUT2D eigenvalue weighted by molar-refractivity contribution is 0.0645. The van der Waals surface area contributed by atoms with E-state index < -0.39 is 0 Å². The number of halogens is 1. The number of carbonyl (C=O) groups is 2. The fraction of sp³-hybridized carbons (Fsp3) is 0.393. The third-order valence-corrected chi connectivity index (χ3v) is 9.26. The van der Waals surface area contributed by atoms with Crippen molar-refractivity contribution in [2.24, 2.45) is 5.92 Å². The van der Waals surface area contributed by atoms with E-state index in [0.717, 1.165) is 63.3 Å². The molecule has 1 aliphatic carbocycles. The lowest BCUT2D eigenvalue weighted by Gasteiger charge is -2.30. The number of fused-ring (bicyclic) bond motifs is 2. The molecular formula is C28H28BrN3O3S. The molecule has 186 valence electrons. The number of hydrogen-bond acceptors (Lipinski definition) is 5. The second kappa shape index (κ2) is 9.63. The fourth-order valence-electron chi connectivity index (χ4n) is 6.12. The summed E-state index contributed by atoms with van der Waals surface area (Å²) >= 11 is 5.05. The number of amides is 2. The Bertz CT molecular complexity index is 1320. The molecule has 1 N–H and O–H groups in total. The monoisotopic (exact) mass is 565 g/mol. The molecule has 1 aromatic heterocycles. The molecule has 2 aromatic carbocycles. The zero-order chi connectivity index (χ0) is 24.8. The minimum absolute atomic E-state index is 0.0140. The molecule has 6 nitrogen and oxygen atoms in total. The Morgan fingerprint density at radius 3 is 2.86 bits per heavy atom. The van der Waals surface area contributed by atoms with Gasteiger partial charge in [-0.05, 0) is 61.9 Å². The molecule has 2 amide bonds. The second-order valence-electron chi connectivity index (χ2n) is 9.87. The first-order valence-electron chi connectivity index (χ1n) is 12.6. The van der Waals surface area contributed by atoms with Crippen LogP contribution in [0.25, 0.3) is 10.4 Å². The Labute approximate surface area is 223 Å². The van der Waals surface area contributed by atoms with Gasteiger partial charge in [-0.25, -0.2) is 4.98 Å². The van der Waals surface area contributed by atoms with Gasteiger partial charge in [-0.15, -0.1) is 11.3 Å². The maximum atomic E-state index is 14.1. The molecule has 0 spiro atoms. The van der Waals surface area contributed by atoms with Gasteiger partial charge in [0.05, 0.1) is 22.5 Å². The molecule has 2 fully saturated rings. The molecule has 8 heteroatoms. The summed E-state index contributed by atoms with van der Waals surface area (Å²) in [6.45, 7) is 3.01. The third kappa shape index (κ3) is 4.24. The van der Waals surface area contributed by atoms with Gasteiger partial charge in [0, 0.05) is 34.6 Å². The summed E-state index contributed by atoms with van der Waals surface area (Å²) in [4.78, 5) is 34.9. The Balaban J connectivity index is 1.25. The number of thiazole rings is 1. The fourth-order valence-corrected chi connectivity index (χ4v) is 7.30. The number of likely N-dealkylation sites (tertiary alicyclic amines) is 1. The SMILES string of the molecule is Cc1nc(C(=O)N2[C@H](CNC(=O)c3cccc4c3CCO4)C[C@@H]3CCC[C@@H]32)c(-c2ccc(Br)cc2)s1. The second-order valence-corrected chi connectivity index (χ2v) is 12.0. The van der Waals surface area contributed by atoms with Crippen molar-refractivity contribution in [2.45, 2.75) is 51.1 Å². The van der Waals surface area contributed by atoms with Gasteiger partial charge in [0.2, 0.25) is 0 Å². The number of ether oxygens (including phenoxy) is 1. The van der Waals surface area contributed by atoms with Crippen LogP contribution in [0.3, 0.4) is 0 Å². The highest BCUT2D eigenvalue weighted by Crippen LogP contribution is 2.43. The van der Waals surface area contributed by atoms with Crippen LogP contribution in [0.15, 0.2) is 46.9 Å². The highest BCUT2D eigenvalue weighted by Gasteiger charge is 2.47. The number of carbonyl (C=O) groups excluding carboxylic acids is 2. The van der Waals surface area contributed by atoms with Crippen LogP contribution in [0, 0.1) is 12.8 Å². The number of benzene rings is 2. The maximum Gasteiger partial charge on any atom is 0.274 e. The smallest absolute Gasteiger partial charge is 0.274 e. The van der Waals surface area contributed by atoms with Gasteiger partial charge < -0.3 is 15.0 Å². The van der Waals surface area contributed by atoms with Gasteiger partial charge >= 0.3 is 0 Å². The molecule has 1 saturated heterocycles. The molecule has 3 atom stereocenters. The topological polar surface area (TPSA) is 71.5 Å². The van der Waals surface area contributed by atoms with Crippen molar-refractivity contribution < 1.29 is 14.3 Å². The maximum absolute atomic E-state index is 14.1. The summed E-state index contributed by atoms with van der Waals surface area (Å²) < 4.78 is 6.63. The van der Waals surface area contributed by atoms with Crippen LogP contribution < -0.4 is 10.1 Å². The molecule has 0 bridgehead atoms. The molecule has 36 heavy (non-hydrogen) atoms.